The number of hydrogen-bond acceptors (Lipinski definition) is 7. The lowest BCUT2D eigenvalue weighted by Crippen LogP contribution is -2.51. The van der Waals surface area contributed by atoms with Gasteiger partial charge in [-0.2, -0.15) is 5.06 Å². The van der Waals surface area contributed by atoms with Gasteiger partial charge in [-0.3, -0.25) is 10.1 Å². The molecule has 3 rings (SSSR count). The summed E-state index contributed by atoms with van der Waals surface area (Å²) in [6.07, 6.45) is 0. The number of nitrogens with zero attached hydrogens (tertiary/aromatic N) is 2. The van der Waals surface area contributed by atoms with Crippen molar-refractivity contribution in [3.05, 3.63) is 75.8 Å². The van der Waals surface area contributed by atoms with Crippen LogP contribution < -0.4 is 0 Å². The third-order valence-corrected chi connectivity index (χ3v) is 12.3. The predicted octanol–water partition coefficient (Wildman–Crippen LogP) is 5.69. The number of ether oxygens (including phenoxy) is 1. The summed E-state index contributed by atoms with van der Waals surface area (Å²) in [5, 5.41) is 23.8. The largest absolute Gasteiger partial charge is 0.468 e. The monoisotopic (exact) mass is 500 g/mol. The highest BCUT2D eigenvalue weighted by Crippen LogP contribution is 2.55. The van der Waals surface area contributed by atoms with E-state index in [1.807, 2.05) is 30.3 Å². The minimum absolute atomic E-state index is 0.0265. The highest BCUT2D eigenvalue weighted by Gasteiger charge is 2.62. The first-order chi connectivity index (χ1) is 16.3. The van der Waals surface area contributed by atoms with Crippen LogP contribution in [0.5, 0.6) is 0 Å². The maximum atomic E-state index is 13.2. The smallest absolute Gasteiger partial charge is 0.329 e. The topological polar surface area (TPSA) is 102 Å². The molecule has 1 aliphatic rings. The number of nitro groups is 1. The average Bonchev–Trinajstić information content (AvgIpc) is 3.04. The second-order valence-electron chi connectivity index (χ2n) is 10.9. The van der Waals surface area contributed by atoms with Gasteiger partial charge in [0.15, 0.2) is 8.32 Å². The molecular formula is C26H36N2O6Si. The van der Waals surface area contributed by atoms with Crippen molar-refractivity contribution < 1.29 is 24.1 Å². The molecule has 0 spiro atoms. The second kappa shape index (κ2) is 9.81. The first kappa shape index (κ1) is 27.0. The zero-order valence-electron chi connectivity index (χ0n) is 21.5. The van der Waals surface area contributed by atoms with Gasteiger partial charge in [-0.25, -0.2) is 4.79 Å². The third-order valence-electron chi connectivity index (χ3n) is 7.82. The van der Waals surface area contributed by atoms with Crippen molar-refractivity contribution in [1.82, 2.24) is 5.06 Å². The molecule has 1 N–H and O–H groups in total. The summed E-state index contributed by atoms with van der Waals surface area (Å²) >= 11 is 0. The molecule has 35 heavy (non-hydrogen) atoms. The van der Waals surface area contributed by atoms with Crippen molar-refractivity contribution in [2.75, 3.05) is 13.7 Å². The molecular weight excluding hydrogens is 464 g/mol. The Kier molecular flexibility index (Phi) is 7.57. The molecule has 1 fully saturated rings. The Hall–Kier alpha value is -2.59. The van der Waals surface area contributed by atoms with Gasteiger partial charge in [-0.05, 0) is 36.2 Å². The highest BCUT2D eigenvalue weighted by atomic mass is 28.4. The molecule has 0 saturated carbocycles. The van der Waals surface area contributed by atoms with Crippen LogP contribution in [-0.2, 0) is 14.0 Å². The summed E-state index contributed by atoms with van der Waals surface area (Å²) in [6.45, 7) is 12.8. The van der Waals surface area contributed by atoms with E-state index in [9.17, 15) is 20.1 Å². The van der Waals surface area contributed by atoms with Crippen LogP contribution in [-0.4, -0.2) is 48.7 Å². The van der Waals surface area contributed by atoms with Crippen molar-refractivity contribution in [1.29, 1.82) is 0 Å². The molecule has 1 heterocycles. The van der Waals surface area contributed by atoms with Crippen LogP contribution in [0, 0.1) is 16.0 Å². The maximum absolute atomic E-state index is 13.2. The number of carbonyl (C=O) groups is 1. The third kappa shape index (κ3) is 4.91. The quantitative estimate of drug-likeness (QED) is 0.225. The van der Waals surface area contributed by atoms with Crippen LogP contribution in [0.1, 0.15) is 50.8 Å². The zero-order valence-corrected chi connectivity index (χ0v) is 22.5. The first-order valence-electron chi connectivity index (χ1n) is 11.8. The molecule has 0 amide bonds. The van der Waals surface area contributed by atoms with Crippen molar-refractivity contribution >= 4 is 20.0 Å². The molecule has 2 aromatic carbocycles. The molecule has 1 saturated heterocycles. The van der Waals surface area contributed by atoms with E-state index in [2.05, 4.69) is 33.9 Å². The van der Waals surface area contributed by atoms with Crippen LogP contribution >= 0.6 is 0 Å². The number of benzene rings is 2. The number of non-ortho nitro benzene ring substituents is 1. The van der Waals surface area contributed by atoms with Crippen LogP contribution in [0.4, 0.5) is 5.69 Å². The number of hydroxylamine groups is 2. The number of nitro benzene ring substituents is 1. The summed E-state index contributed by atoms with van der Waals surface area (Å²) in [5.41, 5.74) is 0.105. The van der Waals surface area contributed by atoms with Gasteiger partial charge in [0.1, 0.15) is 5.54 Å². The van der Waals surface area contributed by atoms with Crippen molar-refractivity contribution in [3.63, 3.8) is 0 Å². The van der Waals surface area contributed by atoms with Gasteiger partial charge >= 0.3 is 5.97 Å². The number of carbonyl (C=O) groups excluding carboxylic acids is 1. The van der Waals surface area contributed by atoms with Crippen LogP contribution in [0.3, 0.4) is 0 Å². The fraction of sp³-hybridized carbons (Fsp3) is 0.500. The molecule has 0 bridgehead atoms. The first-order valence-corrected chi connectivity index (χ1v) is 14.7. The number of rotatable bonds is 7. The molecule has 2 aromatic rings. The Bertz CT molecular complexity index is 1050. The fourth-order valence-electron chi connectivity index (χ4n) is 4.76. The lowest BCUT2D eigenvalue weighted by Gasteiger charge is -2.38. The van der Waals surface area contributed by atoms with Gasteiger partial charge in [0.05, 0.1) is 18.1 Å². The Morgan fingerprint density at radius 1 is 1.11 bits per heavy atom. The standard InChI is InChI=1S/C26H36N2O6Si/c1-25(2,3)35(6,7)34-17-21-22(18-11-9-8-10-12-18)26(4,24(29)33-5)27(30)23(21)19-13-15-20(16-14-19)28(31)32/h8-16,21-23,30H,17H2,1-7H3/t21-,22-,23-,26+/m1/s1. The van der Waals surface area contributed by atoms with E-state index >= 15 is 0 Å². The molecule has 4 atom stereocenters. The van der Waals surface area contributed by atoms with E-state index in [-0.39, 0.29) is 16.6 Å². The van der Waals surface area contributed by atoms with Crippen molar-refractivity contribution in [3.8, 4) is 0 Å². The van der Waals surface area contributed by atoms with Gasteiger partial charge in [-0.15, -0.1) is 0 Å². The normalized spacial score (nSPS) is 25.4. The van der Waals surface area contributed by atoms with Gasteiger partial charge in [0, 0.05) is 30.6 Å². The SMILES string of the molecule is COC(=O)[C@]1(C)[C@H](c2ccccc2)[C@@H](CO[Si](C)(C)C(C)(C)C)[C@@H](c2ccc([N+](=O)[O-])cc2)N1O. The maximum Gasteiger partial charge on any atom is 0.329 e. The van der Waals surface area contributed by atoms with E-state index in [0.29, 0.717) is 12.2 Å². The molecule has 0 aromatic heterocycles. The van der Waals surface area contributed by atoms with E-state index in [0.717, 1.165) is 10.6 Å². The summed E-state index contributed by atoms with van der Waals surface area (Å²) in [5.74, 6) is -1.34. The fourth-order valence-corrected chi connectivity index (χ4v) is 5.80. The molecule has 0 radical (unpaired) electrons. The van der Waals surface area contributed by atoms with E-state index in [4.69, 9.17) is 9.16 Å². The van der Waals surface area contributed by atoms with E-state index in [1.54, 1.807) is 19.1 Å². The molecule has 1 aliphatic heterocycles. The Balaban J connectivity index is 2.16. The summed E-state index contributed by atoms with van der Waals surface area (Å²) in [6, 6.07) is 15.1. The summed E-state index contributed by atoms with van der Waals surface area (Å²) in [7, 11) is -0.858. The highest BCUT2D eigenvalue weighted by molar-refractivity contribution is 6.74. The lowest BCUT2D eigenvalue weighted by atomic mass is 9.75. The van der Waals surface area contributed by atoms with E-state index in [1.165, 1.54) is 19.2 Å². The van der Waals surface area contributed by atoms with Gasteiger partial charge in [0.2, 0.25) is 0 Å². The average molecular weight is 501 g/mol. The Morgan fingerprint density at radius 2 is 1.69 bits per heavy atom. The minimum atomic E-state index is -2.17. The Labute approximate surface area is 208 Å². The van der Waals surface area contributed by atoms with Crippen LogP contribution in [0.25, 0.3) is 0 Å². The lowest BCUT2D eigenvalue weighted by molar-refractivity contribution is -0.384. The molecule has 0 unspecified atom stereocenters. The zero-order chi connectivity index (χ0) is 26.2. The van der Waals surface area contributed by atoms with Crippen LogP contribution in [0.2, 0.25) is 18.1 Å². The molecule has 9 heteroatoms. The van der Waals surface area contributed by atoms with E-state index < -0.39 is 36.7 Å². The predicted molar refractivity (Wildman–Crippen MR) is 136 cm³/mol. The number of methoxy groups -OCH3 is 1. The molecule has 190 valence electrons. The van der Waals surface area contributed by atoms with Crippen molar-refractivity contribution in [2.24, 2.45) is 5.92 Å². The Morgan fingerprint density at radius 3 is 2.17 bits per heavy atom. The number of esters is 1. The summed E-state index contributed by atoms with van der Waals surface area (Å²) in [4.78, 5) is 24.0. The van der Waals surface area contributed by atoms with Gasteiger partial charge in [-0.1, -0.05) is 63.2 Å². The van der Waals surface area contributed by atoms with Gasteiger partial charge in [0.25, 0.3) is 5.69 Å². The summed E-state index contributed by atoms with van der Waals surface area (Å²) < 4.78 is 11.8. The molecule has 8 nitrogen and oxygen atoms in total. The second-order valence-corrected chi connectivity index (χ2v) is 15.7. The number of hydrogen-bond donors (Lipinski definition) is 1. The molecule has 0 aliphatic carbocycles. The van der Waals surface area contributed by atoms with Gasteiger partial charge < -0.3 is 14.4 Å². The van der Waals surface area contributed by atoms with Crippen molar-refractivity contribution in [2.45, 2.75) is 63.3 Å². The van der Waals surface area contributed by atoms with Crippen LogP contribution in [0.15, 0.2) is 54.6 Å². The minimum Gasteiger partial charge on any atom is -0.468 e.